The Kier molecular flexibility index (Phi) is 13.6. The molecule has 5 nitrogen and oxygen atoms in total. The second-order valence-electron chi connectivity index (χ2n) is 14.1. The van der Waals surface area contributed by atoms with E-state index in [9.17, 15) is 0 Å². The van der Waals surface area contributed by atoms with Crippen molar-refractivity contribution in [1.29, 1.82) is 0 Å². The van der Waals surface area contributed by atoms with Gasteiger partial charge in [-0.25, -0.2) is 4.98 Å². The summed E-state index contributed by atoms with van der Waals surface area (Å²) < 4.78 is 12.2. The van der Waals surface area contributed by atoms with Crippen molar-refractivity contribution in [3.8, 4) is 55.0 Å². The Labute approximate surface area is 336 Å². The molecule has 0 spiro atoms. The van der Waals surface area contributed by atoms with Crippen LogP contribution in [0, 0.1) is 0 Å². The quantitative estimate of drug-likeness (QED) is 0.0769. The highest BCUT2D eigenvalue weighted by atomic mass is 32.1. The zero-order valence-corrected chi connectivity index (χ0v) is 33.4. The molecule has 0 N–H and O–H groups in total. The highest BCUT2D eigenvalue weighted by Gasteiger charge is 2.15. The van der Waals surface area contributed by atoms with E-state index < -0.39 is 0 Å². The van der Waals surface area contributed by atoms with Crippen molar-refractivity contribution in [2.75, 3.05) is 18.1 Å². The molecule has 0 bridgehead atoms. The average molecular weight is 758 g/mol. The van der Waals surface area contributed by atoms with Gasteiger partial charge in [-0.05, 0) is 121 Å². The molecule has 0 unspecified atom stereocenters. The van der Waals surface area contributed by atoms with E-state index in [-0.39, 0.29) is 0 Å². The number of anilines is 3. The molecule has 0 radical (unpaired) electrons. The Bertz CT molecular complexity index is 2100. The predicted molar refractivity (Wildman–Crippen MR) is 236 cm³/mol. The van der Waals surface area contributed by atoms with Gasteiger partial charge in [0, 0.05) is 38.6 Å². The molecule has 0 saturated carbocycles. The summed E-state index contributed by atoms with van der Waals surface area (Å²) in [5.74, 6) is 1.80. The summed E-state index contributed by atoms with van der Waals surface area (Å²) in [4.78, 5) is 14.3. The van der Waals surface area contributed by atoms with Crippen LogP contribution in [0.2, 0.25) is 0 Å². The van der Waals surface area contributed by atoms with Crippen LogP contribution in [0.4, 0.5) is 17.1 Å². The minimum atomic E-state index is 0.746. The highest BCUT2D eigenvalue weighted by molar-refractivity contribution is 7.18. The Balaban J connectivity index is 1.14. The zero-order valence-electron chi connectivity index (χ0n) is 32.6. The van der Waals surface area contributed by atoms with E-state index in [1.807, 2.05) is 30.5 Å². The summed E-state index contributed by atoms with van der Waals surface area (Å²) in [7, 11) is 0. The fourth-order valence-electron chi connectivity index (χ4n) is 6.77. The number of benzene rings is 4. The first-order chi connectivity index (χ1) is 27.7. The molecule has 0 aliphatic carbocycles. The van der Waals surface area contributed by atoms with Crippen LogP contribution in [0.1, 0.15) is 65.2 Å². The van der Waals surface area contributed by atoms with Crippen LogP contribution >= 0.6 is 11.3 Å². The van der Waals surface area contributed by atoms with Crippen molar-refractivity contribution in [1.82, 2.24) is 9.97 Å². The van der Waals surface area contributed by atoms with Gasteiger partial charge in [0.2, 0.25) is 0 Å². The molecule has 0 atom stereocenters. The lowest BCUT2D eigenvalue weighted by Gasteiger charge is -2.26. The van der Waals surface area contributed by atoms with Crippen molar-refractivity contribution in [2.45, 2.75) is 65.2 Å². The van der Waals surface area contributed by atoms with Gasteiger partial charge in [-0.15, -0.1) is 11.3 Å². The van der Waals surface area contributed by atoms with Crippen molar-refractivity contribution in [3.05, 3.63) is 152 Å². The van der Waals surface area contributed by atoms with Crippen LogP contribution in [-0.4, -0.2) is 23.2 Å². The summed E-state index contributed by atoms with van der Waals surface area (Å²) in [5.41, 5.74) is 9.24. The van der Waals surface area contributed by atoms with Gasteiger partial charge in [0.1, 0.15) is 11.5 Å². The second kappa shape index (κ2) is 19.7. The average Bonchev–Trinajstić information content (AvgIpc) is 3.76. The number of aromatic nitrogens is 2. The molecule has 284 valence electrons. The Hall–Kier alpha value is -5.72. The lowest BCUT2D eigenvalue weighted by molar-refractivity contribution is 0.305. The van der Waals surface area contributed by atoms with E-state index in [0.29, 0.717) is 0 Å². The maximum Gasteiger partial charge on any atom is 0.119 e. The van der Waals surface area contributed by atoms with Crippen LogP contribution in [-0.2, 0) is 0 Å². The van der Waals surface area contributed by atoms with Gasteiger partial charge in [-0.3, -0.25) is 4.98 Å². The Morgan fingerprint density at radius 2 is 1.00 bits per heavy atom. The van der Waals surface area contributed by atoms with Crippen LogP contribution in [0.3, 0.4) is 0 Å². The van der Waals surface area contributed by atoms with Gasteiger partial charge in [-0.2, -0.15) is 0 Å². The molecular weight excluding hydrogens is 707 g/mol. The maximum absolute atomic E-state index is 6.09. The number of rotatable bonds is 19. The molecule has 56 heavy (non-hydrogen) atoms. The van der Waals surface area contributed by atoms with Crippen LogP contribution < -0.4 is 14.4 Å². The highest BCUT2D eigenvalue weighted by Crippen LogP contribution is 2.40. The Morgan fingerprint density at radius 1 is 0.464 bits per heavy atom. The first-order valence-electron chi connectivity index (χ1n) is 20.1. The first-order valence-corrected chi connectivity index (χ1v) is 21.0. The first kappa shape index (κ1) is 38.6. The SMILES string of the molecule is CCCCCCOc1ccc(N(c2ccc(OCCCCCC)cc2)c2ccc(-c3ccc(-c4cc(-c5ccccc5)nc(-c5ccccn5)c4)s3)cc2)cc1. The standard InChI is InChI=1S/C50H51N3O2S/c1-3-5-7-14-34-54-44-27-23-42(24-28-44)53(43-25-29-45(30-26-43)55-35-15-8-6-4-2)41-21-19-39(20-22-41)49-31-32-50(56-49)40-36-47(38-16-10-9-11-17-38)52-48(37-40)46-18-12-13-33-51-46/h9-13,16-33,36-37H,3-8,14-15,34-35H2,1-2H3. The predicted octanol–water partition coefficient (Wildman–Crippen LogP) is 14.6. The van der Waals surface area contributed by atoms with Crippen LogP contribution in [0.15, 0.2) is 152 Å². The minimum absolute atomic E-state index is 0.746. The van der Waals surface area contributed by atoms with Gasteiger partial charge in [-0.1, -0.05) is 101 Å². The van der Waals surface area contributed by atoms with E-state index in [1.165, 1.54) is 53.8 Å². The third kappa shape index (κ3) is 10.1. The monoisotopic (exact) mass is 757 g/mol. The largest absolute Gasteiger partial charge is 0.494 e. The molecular formula is C50H51N3O2S. The van der Waals surface area contributed by atoms with E-state index in [2.05, 4.69) is 145 Å². The van der Waals surface area contributed by atoms with E-state index in [4.69, 9.17) is 14.5 Å². The summed E-state index contributed by atoms with van der Waals surface area (Å²) in [6, 6.07) is 50.9. The molecule has 0 aliphatic rings. The number of unbranched alkanes of at least 4 members (excludes halogenated alkanes) is 6. The number of hydrogen-bond donors (Lipinski definition) is 0. The van der Waals surface area contributed by atoms with Crippen molar-refractivity contribution in [2.24, 2.45) is 0 Å². The molecule has 4 aromatic carbocycles. The number of hydrogen-bond acceptors (Lipinski definition) is 6. The van der Waals surface area contributed by atoms with Gasteiger partial charge in [0.15, 0.2) is 0 Å². The Morgan fingerprint density at radius 3 is 1.55 bits per heavy atom. The topological polar surface area (TPSA) is 47.5 Å². The van der Waals surface area contributed by atoms with Gasteiger partial charge >= 0.3 is 0 Å². The second-order valence-corrected chi connectivity index (χ2v) is 15.1. The fraction of sp³-hybridized carbons (Fsp3) is 0.240. The zero-order chi connectivity index (χ0) is 38.4. The summed E-state index contributed by atoms with van der Waals surface area (Å²) in [6.07, 6.45) is 11.3. The van der Waals surface area contributed by atoms with E-state index in [0.717, 1.165) is 82.8 Å². The molecule has 0 fully saturated rings. The molecule has 7 rings (SSSR count). The normalized spacial score (nSPS) is 11.0. The fourth-order valence-corrected chi connectivity index (χ4v) is 7.76. The minimum Gasteiger partial charge on any atom is -0.494 e. The smallest absolute Gasteiger partial charge is 0.119 e. The van der Waals surface area contributed by atoms with Crippen molar-refractivity contribution >= 4 is 28.4 Å². The number of ether oxygens (including phenoxy) is 2. The van der Waals surface area contributed by atoms with E-state index in [1.54, 1.807) is 11.3 Å². The maximum atomic E-state index is 6.09. The molecule has 0 amide bonds. The molecule has 0 aliphatic heterocycles. The van der Waals surface area contributed by atoms with Gasteiger partial charge in [0.05, 0.1) is 30.3 Å². The third-order valence-electron chi connectivity index (χ3n) is 9.85. The number of thiophene rings is 1. The number of pyridine rings is 2. The molecule has 7 aromatic rings. The van der Waals surface area contributed by atoms with Crippen LogP contribution in [0.5, 0.6) is 11.5 Å². The third-order valence-corrected chi connectivity index (χ3v) is 11.0. The van der Waals surface area contributed by atoms with Crippen LogP contribution in [0.25, 0.3) is 43.5 Å². The summed E-state index contributed by atoms with van der Waals surface area (Å²) >= 11 is 1.79. The molecule has 6 heteroatoms. The molecule has 3 aromatic heterocycles. The molecule has 0 saturated heterocycles. The van der Waals surface area contributed by atoms with Gasteiger partial charge in [0.25, 0.3) is 0 Å². The van der Waals surface area contributed by atoms with Gasteiger partial charge < -0.3 is 14.4 Å². The lowest BCUT2D eigenvalue weighted by Crippen LogP contribution is -2.10. The van der Waals surface area contributed by atoms with E-state index >= 15 is 0 Å². The molecule has 3 heterocycles. The summed E-state index contributed by atoms with van der Waals surface area (Å²) in [5, 5.41) is 0. The lowest BCUT2D eigenvalue weighted by atomic mass is 10.1. The summed E-state index contributed by atoms with van der Waals surface area (Å²) in [6.45, 7) is 5.96. The van der Waals surface area contributed by atoms with Crippen molar-refractivity contribution in [3.63, 3.8) is 0 Å². The number of nitrogens with zero attached hydrogens (tertiary/aromatic N) is 3. The van der Waals surface area contributed by atoms with Crippen molar-refractivity contribution < 1.29 is 9.47 Å².